The Morgan fingerprint density at radius 3 is 2.65 bits per heavy atom. The highest BCUT2D eigenvalue weighted by Crippen LogP contribution is 2.22. The van der Waals surface area contributed by atoms with Crippen LogP contribution in [0.4, 0.5) is 5.69 Å². The van der Waals surface area contributed by atoms with Gasteiger partial charge in [0.15, 0.2) is 0 Å². The van der Waals surface area contributed by atoms with E-state index < -0.39 is 0 Å². The standard InChI is InChI=1S/C19H15ClN2O/c1-13-5-11-16-17(21-13)3-2-4-18(16)22-19(23)12-8-14-6-9-15(20)10-7-14/h2-12H,1H3,(H,22,23)/b12-8+. The molecule has 2 aromatic carbocycles. The second kappa shape index (κ2) is 6.63. The van der Waals surface area contributed by atoms with E-state index in [1.54, 1.807) is 18.2 Å². The molecular formula is C19H15ClN2O. The summed E-state index contributed by atoms with van der Waals surface area (Å²) in [6, 6.07) is 16.9. The summed E-state index contributed by atoms with van der Waals surface area (Å²) in [7, 11) is 0. The van der Waals surface area contributed by atoms with Crippen molar-refractivity contribution in [1.82, 2.24) is 4.98 Å². The quantitative estimate of drug-likeness (QED) is 0.700. The number of hydrogen-bond donors (Lipinski definition) is 1. The zero-order chi connectivity index (χ0) is 16.2. The topological polar surface area (TPSA) is 42.0 Å². The van der Waals surface area contributed by atoms with E-state index in [1.165, 1.54) is 6.08 Å². The van der Waals surface area contributed by atoms with E-state index in [2.05, 4.69) is 10.3 Å². The van der Waals surface area contributed by atoms with E-state index in [0.29, 0.717) is 5.02 Å². The first-order chi connectivity index (χ1) is 11.1. The van der Waals surface area contributed by atoms with Crippen LogP contribution in [0.15, 0.2) is 60.7 Å². The van der Waals surface area contributed by atoms with Crippen LogP contribution in [0.25, 0.3) is 17.0 Å². The summed E-state index contributed by atoms with van der Waals surface area (Å²) in [5.41, 5.74) is 3.48. The number of benzene rings is 2. The molecule has 23 heavy (non-hydrogen) atoms. The molecule has 0 radical (unpaired) electrons. The third-order valence-electron chi connectivity index (χ3n) is 3.43. The Kier molecular flexibility index (Phi) is 4.40. The monoisotopic (exact) mass is 322 g/mol. The maximum atomic E-state index is 12.1. The molecule has 0 atom stereocenters. The average molecular weight is 323 g/mol. The van der Waals surface area contributed by atoms with Gasteiger partial charge < -0.3 is 5.32 Å². The molecule has 114 valence electrons. The Morgan fingerprint density at radius 1 is 1.09 bits per heavy atom. The van der Waals surface area contributed by atoms with Crippen molar-refractivity contribution >= 4 is 40.2 Å². The molecule has 4 heteroatoms. The molecule has 0 unspecified atom stereocenters. The minimum Gasteiger partial charge on any atom is -0.322 e. The van der Waals surface area contributed by atoms with Crippen LogP contribution in [0.2, 0.25) is 5.02 Å². The molecule has 0 bridgehead atoms. The van der Waals surface area contributed by atoms with E-state index >= 15 is 0 Å². The van der Waals surface area contributed by atoms with E-state index in [-0.39, 0.29) is 5.91 Å². The zero-order valence-electron chi connectivity index (χ0n) is 12.6. The van der Waals surface area contributed by atoms with Gasteiger partial charge in [-0.1, -0.05) is 29.8 Å². The molecule has 1 aromatic heterocycles. The van der Waals surface area contributed by atoms with Gasteiger partial charge in [0.1, 0.15) is 0 Å². The van der Waals surface area contributed by atoms with Crippen molar-refractivity contribution < 1.29 is 4.79 Å². The summed E-state index contributed by atoms with van der Waals surface area (Å²) in [4.78, 5) is 16.6. The average Bonchev–Trinajstić information content (AvgIpc) is 2.54. The van der Waals surface area contributed by atoms with Crippen LogP contribution >= 0.6 is 11.6 Å². The van der Waals surface area contributed by atoms with Crippen molar-refractivity contribution in [2.75, 3.05) is 5.32 Å². The van der Waals surface area contributed by atoms with Crippen LogP contribution in [0, 0.1) is 6.92 Å². The molecule has 3 aromatic rings. The Labute approximate surface area is 139 Å². The zero-order valence-corrected chi connectivity index (χ0v) is 13.3. The number of aryl methyl sites for hydroxylation is 1. The maximum absolute atomic E-state index is 12.1. The smallest absolute Gasteiger partial charge is 0.248 e. The molecule has 0 aliphatic carbocycles. The number of hydrogen-bond acceptors (Lipinski definition) is 2. The van der Waals surface area contributed by atoms with Gasteiger partial charge in [-0.3, -0.25) is 9.78 Å². The van der Waals surface area contributed by atoms with Crippen LogP contribution in [0.3, 0.4) is 0 Å². The van der Waals surface area contributed by atoms with Gasteiger partial charge >= 0.3 is 0 Å². The van der Waals surface area contributed by atoms with Gasteiger partial charge in [0, 0.05) is 22.2 Å². The van der Waals surface area contributed by atoms with Gasteiger partial charge in [0.25, 0.3) is 0 Å². The fraction of sp³-hybridized carbons (Fsp3) is 0.0526. The lowest BCUT2D eigenvalue weighted by Gasteiger charge is -2.07. The second-order valence-electron chi connectivity index (χ2n) is 5.20. The lowest BCUT2D eigenvalue weighted by atomic mass is 10.1. The summed E-state index contributed by atoms with van der Waals surface area (Å²) >= 11 is 5.84. The Morgan fingerprint density at radius 2 is 1.87 bits per heavy atom. The Balaban J connectivity index is 1.79. The van der Waals surface area contributed by atoms with E-state index in [4.69, 9.17) is 11.6 Å². The van der Waals surface area contributed by atoms with E-state index in [9.17, 15) is 4.79 Å². The molecule has 0 saturated carbocycles. The van der Waals surface area contributed by atoms with E-state index in [1.807, 2.05) is 49.4 Å². The molecule has 0 fully saturated rings. The first-order valence-corrected chi connectivity index (χ1v) is 7.61. The van der Waals surface area contributed by atoms with Crippen LogP contribution in [0.1, 0.15) is 11.3 Å². The summed E-state index contributed by atoms with van der Waals surface area (Å²) < 4.78 is 0. The highest BCUT2D eigenvalue weighted by Gasteiger charge is 2.04. The first kappa shape index (κ1) is 15.3. The number of amides is 1. The summed E-state index contributed by atoms with van der Waals surface area (Å²) in [5, 5.41) is 4.49. The number of nitrogens with one attached hydrogen (secondary N) is 1. The number of carbonyl (C=O) groups is 1. The Hall–Kier alpha value is -2.65. The SMILES string of the molecule is Cc1ccc2c(NC(=O)/C=C/c3ccc(Cl)cc3)cccc2n1. The van der Waals surface area contributed by atoms with Crippen molar-refractivity contribution in [2.24, 2.45) is 0 Å². The van der Waals surface area contributed by atoms with Crippen LogP contribution in [-0.4, -0.2) is 10.9 Å². The predicted octanol–water partition coefficient (Wildman–Crippen LogP) is 4.85. The molecule has 1 amide bonds. The molecule has 0 spiro atoms. The summed E-state index contributed by atoms with van der Waals surface area (Å²) in [6.07, 6.45) is 3.25. The fourth-order valence-corrected chi connectivity index (χ4v) is 2.41. The lowest BCUT2D eigenvalue weighted by molar-refractivity contribution is -0.111. The molecule has 0 aliphatic rings. The van der Waals surface area contributed by atoms with Gasteiger partial charge in [-0.2, -0.15) is 0 Å². The maximum Gasteiger partial charge on any atom is 0.248 e. The molecular weight excluding hydrogens is 308 g/mol. The van der Waals surface area contributed by atoms with Crippen molar-refractivity contribution in [1.29, 1.82) is 0 Å². The fourth-order valence-electron chi connectivity index (χ4n) is 2.29. The van der Waals surface area contributed by atoms with Crippen LogP contribution in [-0.2, 0) is 4.79 Å². The highest BCUT2D eigenvalue weighted by atomic mass is 35.5. The molecule has 1 heterocycles. The number of anilines is 1. The number of halogens is 1. The number of carbonyl (C=O) groups excluding carboxylic acids is 1. The molecule has 0 aliphatic heterocycles. The Bertz CT molecular complexity index is 886. The third kappa shape index (κ3) is 3.76. The molecule has 1 N–H and O–H groups in total. The molecule has 3 nitrogen and oxygen atoms in total. The number of nitrogens with zero attached hydrogens (tertiary/aromatic N) is 1. The summed E-state index contributed by atoms with van der Waals surface area (Å²) in [5.74, 6) is -0.187. The third-order valence-corrected chi connectivity index (χ3v) is 3.68. The number of pyridine rings is 1. The van der Waals surface area contributed by atoms with E-state index in [0.717, 1.165) is 27.8 Å². The van der Waals surface area contributed by atoms with Gasteiger partial charge in [-0.05, 0) is 55.0 Å². The number of aromatic nitrogens is 1. The first-order valence-electron chi connectivity index (χ1n) is 7.23. The van der Waals surface area contributed by atoms with Crippen molar-refractivity contribution in [3.05, 3.63) is 77.0 Å². The van der Waals surface area contributed by atoms with Gasteiger partial charge in [-0.15, -0.1) is 0 Å². The summed E-state index contributed by atoms with van der Waals surface area (Å²) in [6.45, 7) is 1.94. The number of rotatable bonds is 3. The van der Waals surface area contributed by atoms with Crippen molar-refractivity contribution in [3.8, 4) is 0 Å². The minimum atomic E-state index is -0.187. The highest BCUT2D eigenvalue weighted by molar-refractivity contribution is 6.30. The normalized spacial score (nSPS) is 11.0. The van der Waals surface area contributed by atoms with Crippen molar-refractivity contribution in [3.63, 3.8) is 0 Å². The lowest BCUT2D eigenvalue weighted by Crippen LogP contribution is -2.08. The predicted molar refractivity (Wildman–Crippen MR) is 95.6 cm³/mol. The molecule has 3 rings (SSSR count). The minimum absolute atomic E-state index is 0.187. The van der Waals surface area contributed by atoms with Gasteiger partial charge in [-0.25, -0.2) is 0 Å². The van der Waals surface area contributed by atoms with Crippen molar-refractivity contribution in [2.45, 2.75) is 6.92 Å². The van der Waals surface area contributed by atoms with Crippen LogP contribution < -0.4 is 5.32 Å². The number of fused-ring (bicyclic) bond motifs is 1. The van der Waals surface area contributed by atoms with Gasteiger partial charge in [0.2, 0.25) is 5.91 Å². The second-order valence-corrected chi connectivity index (χ2v) is 5.64. The van der Waals surface area contributed by atoms with Gasteiger partial charge in [0.05, 0.1) is 11.2 Å². The molecule has 0 saturated heterocycles. The van der Waals surface area contributed by atoms with Crippen LogP contribution in [0.5, 0.6) is 0 Å². The largest absolute Gasteiger partial charge is 0.322 e.